The molecule has 0 spiro atoms. The van der Waals surface area contributed by atoms with Gasteiger partial charge < -0.3 is 32.3 Å². The van der Waals surface area contributed by atoms with Crippen LogP contribution in [0.3, 0.4) is 0 Å². The van der Waals surface area contributed by atoms with Gasteiger partial charge in [-0.2, -0.15) is 4.31 Å². The summed E-state index contributed by atoms with van der Waals surface area (Å²) in [5.41, 5.74) is 13.8. The zero-order valence-corrected chi connectivity index (χ0v) is 31.1. The van der Waals surface area contributed by atoms with E-state index in [1.54, 1.807) is 4.90 Å². The van der Waals surface area contributed by atoms with Gasteiger partial charge in [-0.15, -0.1) is 0 Å². The molecule has 13 nitrogen and oxygen atoms in total. The van der Waals surface area contributed by atoms with E-state index in [9.17, 15) is 27.6 Å². The summed E-state index contributed by atoms with van der Waals surface area (Å²) in [6.45, 7) is 5.15. The number of sulfonamides is 1. The van der Waals surface area contributed by atoms with Gasteiger partial charge in [-0.25, -0.2) is 8.42 Å². The maximum absolute atomic E-state index is 13.9. The molecule has 0 aliphatic carbocycles. The molecule has 2 aromatic carbocycles. The molecule has 2 aromatic rings. The van der Waals surface area contributed by atoms with Crippen LogP contribution in [0.25, 0.3) is 0 Å². The van der Waals surface area contributed by atoms with E-state index >= 15 is 0 Å². The molecule has 0 radical (unpaired) electrons. The number of piperazine rings is 1. The molecule has 4 atom stereocenters. The number of nitrogens with one attached hydrogen (secondary N) is 3. The standard InChI is InChI=1S/C37H57N7O6S/c1-27(2)25-33(36(47)41-32(17-11-6-12-20-38)37(48)43-21-23-44(24-22-43)51(3,49)50)42-35(46)31(19-18-28-13-7-4-8-14-28)40-34(45)30(39)26-29-15-9-5-10-16-29/h4-5,7-10,13-16,27,30-33H,6,11-12,17-26,38-39H2,1-3H3,(H,40,45)(H,41,47)(H,42,46)/t30-,31-,32-,33-/m1/s1. The zero-order valence-electron chi connectivity index (χ0n) is 30.3. The van der Waals surface area contributed by atoms with Crippen LogP contribution >= 0.6 is 0 Å². The number of benzene rings is 2. The highest BCUT2D eigenvalue weighted by Gasteiger charge is 2.34. The monoisotopic (exact) mass is 727 g/mol. The van der Waals surface area contributed by atoms with E-state index < -0.39 is 51.9 Å². The molecule has 7 N–H and O–H groups in total. The Morgan fingerprint density at radius 1 is 0.725 bits per heavy atom. The maximum atomic E-state index is 13.9. The summed E-state index contributed by atoms with van der Waals surface area (Å²) in [5.74, 6) is -1.77. The normalized spacial score (nSPS) is 16.2. The van der Waals surface area contributed by atoms with Gasteiger partial charge in [0.15, 0.2) is 0 Å². The number of aryl methyl sites for hydroxylation is 1. The fraction of sp³-hybridized carbons (Fsp3) is 0.568. The Balaban J connectivity index is 1.76. The molecule has 1 aliphatic heterocycles. The highest BCUT2D eigenvalue weighted by Crippen LogP contribution is 2.14. The second kappa shape index (κ2) is 20.9. The topological polar surface area (TPSA) is 197 Å². The van der Waals surface area contributed by atoms with Crippen LogP contribution in [0.15, 0.2) is 60.7 Å². The van der Waals surface area contributed by atoms with Crippen molar-refractivity contribution in [2.75, 3.05) is 39.0 Å². The summed E-state index contributed by atoms with van der Waals surface area (Å²) in [4.78, 5) is 56.4. The van der Waals surface area contributed by atoms with Gasteiger partial charge in [-0.05, 0) is 62.1 Å². The van der Waals surface area contributed by atoms with Crippen LogP contribution in [-0.2, 0) is 42.0 Å². The molecule has 1 saturated heterocycles. The average molecular weight is 728 g/mol. The molecule has 1 fully saturated rings. The SMILES string of the molecule is CC(C)C[C@@H](NC(=O)[C@@H](CCc1ccccc1)NC(=O)[C@H](N)Cc1ccccc1)C(=O)N[C@H](CCCCCN)C(=O)N1CCN(S(C)(=O)=O)CC1. The molecule has 0 bridgehead atoms. The fourth-order valence-electron chi connectivity index (χ4n) is 6.10. The lowest BCUT2D eigenvalue weighted by Crippen LogP contribution is -2.59. The van der Waals surface area contributed by atoms with Crippen LogP contribution in [-0.4, -0.2) is 104 Å². The minimum absolute atomic E-state index is 0.0143. The lowest BCUT2D eigenvalue weighted by atomic mass is 9.99. The molecule has 14 heteroatoms. The number of nitrogens with zero attached hydrogens (tertiary/aromatic N) is 2. The van der Waals surface area contributed by atoms with E-state index in [1.807, 2.05) is 74.5 Å². The second-order valence-corrected chi connectivity index (χ2v) is 15.7. The molecule has 0 aromatic heterocycles. The first-order chi connectivity index (χ1) is 24.3. The van der Waals surface area contributed by atoms with Crippen molar-refractivity contribution in [3.63, 3.8) is 0 Å². The number of rotatable bonds is 20. The predicted octanol–water partition coefficient (Wildman–Crippen LogP) is 1.31. The lowest BCUT2D eigenvalue weighted by molar-refractivity contribution is -0.139. The summed E-state index contributed by atoms with van der Waals surface area (Å²) in [5, 5.41) is 8.63. The van der Waals surface area contributed by atoms with Gasteiger partial charge in [-0.1, -0.05) is 87.4 Å². The number of carbonyl (C=O) groups is 4. The van der Waals surface area contributed by atoms with Crippen molar-refractivity contribution in [3.05, 3.63) is 71.8 Å². The molecule has 0 saturated carbocycles. The van der Waals surface area contributed by atoms with E-state index in [2.05, 4.69) is 16.0 Å². The molecule has 3 rings (SSSR count). The minimum Gasteiger partial charge on any atom is -0.343 e. The Kier molecular flexibility index (Phi) is 17.0. The van der Waals surface area contributed by atoms with Crippen LogP contribution in [0, 0.1) is 5.92 Å². The zero-order chi connectivity index (χ0) is 37.4. The fourth-order valence-corrected chi connectivity index (χ4v) is 6.93. The van der Waals surface area contributed by atoms with Gasteiger partial charge in [0.1, 0.15) is 18.1 Å². The van der Waals surface area contributed by atoms with Gasteiger partial charge in [0.25, 0.3) is 0 Å². The minimum atomic E-state index is -3.38. The van der Waals surface area contributed by atoms with Crippen LogP contribution < -0.4 is 27.4 Å². The lowest BCUT2D eigenvalue weighted by Gasteiger charge is -2.35. The van der Waals surface area contributed by atoms with E-state index in [1.165, 1.54) is 4.31 Å². The molecule has 1 heterocycles. The average Bonchev–Trinajstić information content (AvgIpc) is 3.10. The molecule has 0 unspecified atom stereocenters. The highest BCUT2D eigenvalue weighted by atomic mass is 32.2. The van der Waals surface area contributed by atoms with Gasteiger partial charge >= 0.3 is 0 Å². The van der Waals surface area contributed by atoms with Crippen molar-refractivity contribution >= 4 is 33.7 Å². The third kappa shape index (κ3) is 14.4. The summed E-state index contributed by atoms with van der Waals surface area (Å²) in [6.07, 6.45) is 5.08. The van der Waals surface area contributed by atoms with Gasteiger partial charge in [-0.3, -0.25) is 19.2 Å². The summed E-state index contributed by atoms with van der Waals surface area (Å²) < 4.78 is 25.4. The van der Waals surface area contributed by atoms with Crippen molar-refractivity contribution in [1.82, 2.24) is 25.2 Å². The van der Waals surface area contributed by atoms with E-state index in [4.69, 9.17) is 11.5 Å². The van der Waals surface area contributed by atoms with Crippen molar-refractivity contribution in [2.24, 2.45) is 17.4 Å². The van der Waals surface area contributed by atoms with Crippen LogP contribution in [0.5, 0.6) is 0 Å². The van der Waals surface area contributed by atoms with Gasteiger partial charge in [0, 0.05) is 26.2 Å². The van der Waals surface area contributed by atoms with Crippen molar-refractivity contribution in [2.45, 2.75) is 89.4 Å². The highest BCUT2D eigenvalue weighted by molar-refractivity contribution is 7.88. The second-order valence-electron chi connectivity index (χ2n) is 13.8. The summed E-state index contributed by atoms with van der Waals surface area (Å²) in [6, 6.07) is 15.3. The first-order valence-corrected chi connectivity index (χ1v) is 19.8. The number of carbonyl (C=O) groups excluding carboxylic acids is 4. The van der Waals surface area contributed by atoms with Gasteiger partial charge in [0.2, 0.25) is 33.7 Å². The number of unbranched alkanes of at least 4 members (excludes halogenated alkanes) is 2. The van der Waals surface area contributed by atoms with E-state index in [0.29, 0.717) is 38.6 Å². The number of hydrogen-bond acceptors (Lipinski definition) is 8. The quantitative estimate of drug-likeness (QED) is 0.126. The van der Waals surface area contributed by atoms with Crippen LogP contribution in [0.1, 0.15) is 63.5 Å². The van der Waals surface area contributed by atoms with Crippen LogP contribution in [0.2, 0.25) is 0 Å². The summed E-state index contributed by atoms with van der Waals surface area (Å²) >= 11 is 0. The molecule has 282 valence electrons. The van der Waals surface area contributed by atoms with E-state index in [-0.39, 0.29) is 44.4 Å². The number of amides is 4. The molecular weight excluding hydrogens is 671 g/mol. The Bertz CT molecular complexity index is 1500. The Morgan fingerprint density at radius 3 is 1.84 bits per heavy atom. The third-order valence-electron chi connectivity index (χ3n) is 9.00. The molecule has 51 heavy (non-hydrogen) atoms. The first kappa shape index (κ1) is 41.6. The van der Waals surface area contributed by atoms with Crippen LogP contribution in [0.4, 0.5) is 0 Å². The maximum Gasteiger partial charge on any atom is 0.245 e. The third-order valence-corrected chi connectivity index (χ3v) is 10.3. The first-order valence-electron chi connectivity index (χ1n) is 18.0. The van der Waals surface area contributed by atoms with Crippen molar-refractivity contribution < 1.29 is 27.6 Å². The smallest absolute Gasteiger partial charge is 0.245 e. The largest absolute Gasteiger partial charge is 0.343 e. The molecule has 4 amide bonds. The Morgan fingerprint density at radius 2 is 1.27 bits per heavy atom. The predicted molar refractivity (Wildman–Crippen MR) is 199 cm³/mol. The van der Waals surface area contributed by atoms with Crippen molar-refractivity contribution in [3.8, 4) is 0 Å². The number of nitrogens with two attached hydrogens (primary N) is 2. The van der Waals surface area contributed by atoms with E-state index in [0.717, 1.165) is 30.2 Å². The molecular formula is C37H57N7O6S. The van der Waals surface area contributed by atoms with Gasteiger partial charge in [0.05, 0.1) is 12.3 Å². The number of hydrogen-bond donors (Lipinski definition) is 5. The summed E-state index contributed by atoms with van der Waals surface area (Å²) in [7, 11) is -3.38. The molecule has 1 aliphatic rings. The Hall–Kier alpha value is -3.85. The van der Waals surface area contributed by atoms with Crippen molar-refractivity contribution in [1.29, 1.82) is 0 Å². The Labute approximate surface area is 303 Å².